The number of aliphatic hydroxyl groups is 1. The number of anilines is 1. The maximum absolute atomic E-state index is 12.6. The Hall–Kier alpha value is -3.91. The average molecular weight is 491 g/mol. The zero-order chi connectivity index (χ0) is 24.9. The summed E-state index contributed by atoms with van der Waals surface area (Å²) in [6.07, 6.45) is -1.01. The van der Waals surface area contributed by atoms with Gasteiger partial charge in [-0.1, -0.05) is 11.6 Å². The van der Waals surface area contributed by atoms with E-state index >= 15 is 0 Å². The van der Waals surface area contributed by atoms with Gasteiger partial charge in [-0.25, -0.2) is 0 Å². The third-order valence-corrected chi connectivity index (χ3v) is 6.55. The van der Waals surface area contributed by atoms with Gasteiger partial charge < -0.3 is 16.2 Å². The van der Waals surface area contributed by atoms with Gasteiger partial charge in [-0.15, -0.1) is 0 Å². The fourth-order valence-electron chi connectivity index (χ4n) is 4.56. The van der Waals surface area contributed by atoms with Gasteiger partial charge in [0.05, 0.1) is 45.7 Å². The van der Waals surface area contributed by atoms with Crippen molar-refractivity contribution in [2.45, 2.75) is 26.4 Å². The normalized spacial score (nSPS) is 14.5. The number of carbonyl (C=O) groups is 1. The van der Waals surface area contributed by atoms with Gasteiger partial charge in [0, 0.05) is 36.8 Å². The van der Waals surface area contributed by atoms with Crippen LogP contribution in [0.3, 0.4) is 0 Å². The number of nitrogens with zero attached hydrogens (tertiary/aromatic N) is 6. The van der Waals surface area contributed by atoms with Crippen molar-refractivity contribution in [3.63, 3.8) is 0 Å². The lowest BCUT2D eigenvalue weighted by atomic mass is 10.0. The third-order valence-electron chi connectivity index (χ3n) is 6.26. The summed E-state index contributed by atoms with van der Waals surface area (Å²) in [6, 6.07) is 12.5. The number of nitrogens with one attached hydrogen (secondary N) is 1. The predicted molar refractivity (Wildman–Crippen MR) is 131 cm³/mol. The number of rotatable bonds is 5. The Morgan fingerprint density at radius 3 is 2.69 bits per heavy atom. The second-order valence-electron chi connectivity index (χ2n) is 8.50. The van der Waals surface area contributed by atoms with Crippen LogP contribution in [0.2, 0.25) is 5.02 Å². The van der Waals surface area contributed by atoms with Gasteiger partial charge in [-0.3, -0.25) is 19.1 Å². The first-order valence-electron chi connectivity index (χ1n) is 11.0. The topological polar surface area (TPSA) is 138 Å². The zero-order valence-electron chi connectivity index (χ0n) is 19.2. The van der Waals surface area contributed by atoms with E-state index in [0.717, 1.165) is 16.6 Å². The number of aromatic nitrogens is 4. The largest absolute Gasteiger partial charge is 0.365 e. The second-order valence-corrected chi connectivity index (χ2v) is 8.91. The van der Waals surface area contributed by atoms with Gasteiger partial charge in [-0.05, 0) is 43.3 Å². The molecule has 1 aliphatic heterocycles. The van der Waals surface area contributed by atoms with Crippen molar-refractivity contribution in [1.29, 1.82) is 5.26 Å². The first kappa shape index (κ1) is 22.9. The minimum absolute atomic E-state index is 0.262. The Kier molecular flexibility index (Phi) is 5.68. The number of nitrogens with two attached hydrogens (primary N) is 1. The minimum Gasteiger partial charge on any atom is -0.365 e. The number of aryl methyl sites for hydroxylation is 2. The summed E-state index contributed by atoms with van der Waals surface area (Å²) in [6.45, 7) is 3.12. The molecule has 10 nitrogen and oxygen atoms in total. The summed E-state index contributed by atoms with van der Waals surface area (Å²) in [5.74, 6) is -0.600. The molecule has 35 heavy (non-hydrogen) atoms. The van der Waals surface area contributed by atoms with E-state index < -0.39 is 12.3 Å². The van der Waals surface area contributed by atoms with Gasteiger partial charge >= 0.3 is 0 Å². The molecule has 0 aliphatic carbocycles. The molecule has 0 saturated carbocycles. The van der Waals surface area contributed by atoms with E-state index in [1.807, 2.05) is 20.0 Å². The van der Waals surface area contributed by atoms with E-state index in [4.69, 9.17) is 27.7 Å². The summed E-state index contributed by atoms with van der Waals surface area (Å²) >= 11 is 6.57. The number of primary amides is 1. The van der Waals surface area contributed by atoms with Crippen molar-refractivity contribution < 1.29 is 9.90 Å². The first-order chi connectivity index (χ1) is 16.8. The lowest BCUT2D eigenvalue weighted by Gasteiger charge is -2.32. The van der Waals surface area contributed by atoms with Crippen LogP contribution in [0.4, 0.5) is 5.69 Å². The number of benzene rings is 2. The summed E-state index contributed by atoms with van der Waals surface area (Å²) in [7, 11) is 1.83. The number of nitriles is 1. The second kappa shape index (κ2) is 8.70. The van der Waals surface area contributed by atoms with Crippen molar-refractivity contribution in [3.05, 3.63) is 63.9 Å². The maximum atomic E-state index is 12.6. The number of carbonyl (C=O) groups excluding carboxylic acids is 1. The van der Waals surface area contributed by atoms with Crippen molar-refractivity contribution in [2.75, 3.05) is 11.9 Å². The lowest BCUT2D eigenvalue weighted by Crippen LogP contribution is -2.45. The van der Waals surface area contributed by atoms with Crippen LogP contribution in [0.15, 0.2) is 36.4 Å². The molecule has 0 saturated heterocycles. The molecule has 1 atom stereocenters. The molecule has 1 amide bonds. The Bertz CT molecular complexity index is 1500. The van der Waals surface area contributed by atoms with E-state index in [0.29, 0.717) is 51.9 Å². The van der Waals surface area contributed by atoms with E-state index in [1.54, 1.807) is 44.6 Å². The van der Waals surface area contributed by atoms with Crippen LogP contribution in [-0.4, -0.2) is 48.4 Å². The minimum atomic E-state index is -1.01. The van der Waals surface area contributed by atoms with Crippen LogP contribution in [0.1, 0.15) is 27.3 Å². The maximum Gasteiger partial charge on any atom is 0.252 e. The number of fused-ring (bicyclic) bond motifs is 2. The first-order valence-corrected chi connectivity index (χ1v) is 11.4. The van der Waals surface area contributed by atoms with Gasteiger partial charge in [-0.2, -0.15) is 15.5 Å². The Morgan fingerprint density at radius 2 is 2.00 bits per heavy atom. The van der Waals surface area contributed by atoms with Gasteiger partial charge in [0.25, 0.3) is 5.91 Å². The number of aliphatic hydroxyl groups excluding tert-OH is 1. The Labute approximate surface area is 206 Å². The van der Waals surface area contributed by atoms with Crippen molar-refractivity contribution in [1.82, 2.24) is 24.5 Å². The summed E-state index contributed by atoms with van der Waals surface area (Å²) in [5, 5.41) is 33.3. The third kappa shape index (κ3) is 4.00. The predicted octanol–water partition coefficient (Wildman–Crippen LogP) is 2.57. The fraction of sp³-hybridized carbons (Fsp3) is 0.250. The van der Waals surface area contributed by atoms with Crippen molar-refractivity contribution in [2.24, 2.45) is 12.8 Å². The number of amides is 1. The van der Waals surface area contributed by atoms with Crippen LogP contribution in [0, 0.1) is 18.3 Å². The molecule has 5 rings (SSSR count). The molecule has 3 heterocycles. The molecule has 2 aromatic heterocycles. The van der Waals surface area contributed by atoms with Crippen molar-refractivity contribution in [3.8, 4) is 17.3 Å². The van der Waals surface area contributed by atoms with Crippen LogP contribution in [-0.2, 0) is 20.1 Å². The molecule has 1 aliphatic rings. The van der Waals surface area contributed by atoms with Crippen LogP contribution < -0.4 is 11.1 Å². The summed E-state index contributed by atoms with van der Waals surface area (Å²) < 4.78 is 3.48. The molecule has 11 heteroatoms. The zero-order valence-corrected chi connectivity index (χ0v) is 19.9. The number of hydrogen-bond donors (Lipinski definition) is 3. The smallest absolute Gasteiger partial charge is 0.252 e. The quantitative estimate of drug-likeness (QED) is 0.365. The van der Waals surface area contributed by atoms with Gasteiger partial charge in [0.2, 0.25) is 0 Å². The fourth-order valence-corrected chi connectivity index (χ4v) is 4.90. The SMILES string of the molecule is Cc1nn(C)c2c(Cl)cc(-c3nn4c(c3C(N)=O)CN(C(O)Nc3ccc(C#N)cc3)CC4)cc12. The molecule has 0 fully saturated rings. The number of hydrogen-bond acceptors (Lipinski definition) is 7. The molecule has 0 bridgehead atoms. The highest BCUT2D eigenvalue weighted by Crippen LogP contribution is 2.35. The Balaban J connectivity index is 1.48. The summed E-state index contributed by atoms with van der Waals surface area (Å²) in [5.41, 5.74) is 10.7. The summed E-state index contributed by atoms with van der Waals surface area (Å²) in [4.78, 5) is 14.4. The van der Waals surface area contributed by atoms with Crippen molar-refractivity contribution >= 4 is 34.1 Å². The molecular formula is C24H23ClN8O2. The molecular weight excluding hydrogens is 468 g/mol. The molecule has 178 valence electrons. The van der Waals surface area contributed by atoms with E-state index in [1.165, 1.54) is 0 Å². The van der Waals surface area contributed by atoms with Crippen LogP contribution in [0.5, 0.6) is 0 Å². The van der Waals surface area contributed by atoms with E-state index in [-0.39, 0.29) is 6.54 Å². The van der Waals surface area contributed by atoms with Crippen LogP contribution in [0.25, 0.3) is 22.2 Å². The highest BCUT2D eigenvalue weighted by atomic mass is 35.5. The monoisotopic (exact) mass is 490 g/mol. The van der Waals surface area contributed by atoms with Gasteiger partial charge in [0.15, 0.2) is 6.35 Å². The number of halogens is 1. The lowest BCUT2D eigenvalue weighted by molar-refractivity contribution is 0.00610. The highest BCUT2D eigenvalue weighted by Gasteiger charge is 2.30. The van der Waals surface area contributed by atoms with E-state index in [2.05, 4.69) is 16.5 Å². The molecule has 0 radical (unpaired) electrons. The highest BCUT2D eigenvalue weighted by molar-refractivity contribution is 6.35. The molecule has 2 aromatic carbocycles. The standard InChI is InChI=1S/C24H23ClN8O2/c1-13-17-9-15(10-18(25)22(17)31(2)29-13)21-20(23(27)34)19-12-32(7-8-33(19)30-21)24(35)28-16-5-3-14(11-26)4-6-16/h3-6,9-10,24,28,35H,7-8,12H2,1-2H3,(H2,27,34). The molecule has 0 spiro atoms. The van der Waals surface area contributed by atoms with Gasteiger partial charge in [0.1, 0.15) is 5.69 Å². The Morgan fingerprint density at radius 1 is 1.26 bits per heavy atom. The van der Waals surface area contributed by atoms with E-state index in [9.17, 15) is 9.90 Å². The average Bonchev–Trinajstić information content (AvgIpc) is 3.36. The van der Waals surface area contributed by atoms with Crippen LogP contribution >= 0.6 is 11.6 Å². The molecule has 4 N–H and O–H groups in total. The molecule has 4 aromatic rings. The molecule has 1 unspecified atom stereocenters.